The largest absolute Gasteiger partial charge is 0.391 e. The van der Waals surface area contributed by atoms with Crippen molar-refractivity contribution in [3.8, 4) is 22.9 Å². The lowest BCUT2D eigenvalue weighted by molar-refractivity contribution is 0.319. The van der Waals surface area contributed by atoms with Gasteiger partial charge in [0, 0.05) is 11.1 Å². The van der Waals surface area contributed by atoms with E-state index in [1.54, 1.807) is 0 Å². The lowest BCUT2D eigenvalue weighted by Crippen LogP contribution is -2.17. The predicted molar refractivity (Wildman–Crippen MR) is 83.4 cm³/mol. The van der Waals surface area contributed by atoms with E-state index in [4.69, 9.17) is 0 Å². The Hall–Kier alpha value is -0.786. The molecule has 0 rings (SSSR count). The summed E-state index contributed by atoms with van der Waals surface area (Å²) < 4.78 is 0. The molecule has 0 aliphatic rings. The van der Waals surface area contributed by atoms with Crippen molar-refractivity contribution >= 4 is 16.1 Å². The maximum Gasteiger partial charge on any atom is 0.129 e. The van der Waals surface area contributed by atoms with Gasteiger partial charge >= 0.3 is 0 Å². The van der Waals surface area contributed by atoms with Gasteiger partial charge in [-0.1, -0.05) is 51.1 Å². The van der Waals surface area contributed by atoms with E-state index in [1.807, 2.05) is 0 Å². The Morgan fingerprint density at radius 2 is 1.00 bits per heavy atom. The SMILES string of the molecule is C[Si](C)(C)C#CC(CO)=C(C#C[Si](C)(C)C)CO. The Bertz CT molecular complexity index is 387. The molecule has 0 fully saturated rings. The summed E-state index contributed by atoms with van der Waals surface area (Å²) in [6, 6.07) is 0. The first-order valence-electron chi connectivity index (χ1n) is 6.09. The van der Waals surface area contributed by atoms with E-state index in [-0.39, 0.29) is 13.2 Å². The minimum Gasteiger partial charge on any atom is -0.391 e. The van der Waals surface area contributed by atoms with Crippen LogP contribution in [0.15, 0.2) is 11.1 Å². The maximum absolute atomic E-state index is 9.34. The van der Waals surface area contributed by atoms with E-state index < -0.39 is 16.1 Å². The van der Waals surface area contributed by atoms with E-state index in [0.717, 1.165) is 0 Å². The molecule has 0 unspecified atom stereocenters. The Balaban J connectivity index is 5.42. The maximum atomic E-state index is 9.34. The van der Waals surface area contributed by atoms with Crippen molar-refractivity contribution < 1.29 is 10.2 Å². The normalized spacial score (nSPS) is 12.9. The highest BCUT2D eigenvalue weighted by molar-refractivity contribution is 6.84. The fraction of sp³-hybridized carbons (Fsp3) is 0.571. The summed E-state index contributed by atoms with van der Waals surface area (Å²) in [6.45, 7) is 12.5. The third-order valence-corrected chi connectivity index (χ3v) is 3.61. The van der Waals surface area contributed by atoms with Crippen molar-refractivity contribution in [1.29, 1.82) is 0 Å². The third kappa shape index (κ3) is 8.33. The van der Waals surface area contributed by atoms with Crippen LogP contribution in [0.2, 0.25) is 39.3 Å². The molecular formula is C14H24O2Si2. The Morgan fingerprint density at radius 3 is 1.17 bits per heavy atom. The second kappa shape index (κ2) is 6.96. The lowest BCUT2D eigenvalue weighted by atomic mass is 10.1. The minimum atomic E-state index is -1.48. The van der Waals surface area contributed by atoms with Crippen molar-refractivity contribution in [2.75, 3.05) is 13.2 Å². The molecule has 0 aromatic rings. The standard InChI is InChI=1S/C14H24O2Si2/c1-17(2,3)9-7-13(11-15)14(12-16)8-10-18(4,5)6/h15-16H,11-12H2,1-6H3. The summed E-state index contributed by atoms with van der Waals surface area (Å²) in [5.74, 6) is 5.98. The molecule has 2 nitrogen and oxygen atoms in total. The molecule has 0 amide bonds. The molecule has 0 bridgehead atoms. The fourth-order valence-corrected chi connectivity index (χ4v) is 2.00. The minimum absolute atomic E-state index is 0.159. The van der Waals surface area contributed by atoms with Gasteiger partial charge in [-0.15, -0.1) is 11.1 Å². The molecule has 0 radical (unpaired) electrons. The van der Waals surface area contributed by atoms with Crippen LogP contribution in [0.4, 0.5) is 0 Å². The second-order valence-electron chi connectivity index (χ2n) is 6.27. The molecular weight excluding hydrogens is 256 g/mol. The third-order valence-electron chi connectivity index (χ3n) is 1.86. The molecule has 18 heavy (non-hydrogen) atoms. The van der Waals surface area contributed by atoms with Crippen LogP contribution < -0.4 is 0 Å². The van der Waals surface area contributed by atoms with Crippen molar-refractivity contribution in [2.24, 2.45) is 0 Å². The zero-order valence-electron chi connectivity index (χ0n) is 12.3. The van der Waals surface area contributed by atoms with Gasteiger partial charge in [-0.3, -0.25) is 0 Å². The molecule has 0 aliphatic heterocycles. The van der Waals surface area contributed by atoms with Crippen molar-refractivity contribution in [1.82, 2.24) is 0 Å². The van der Waals surface area contributed by atoms with Gasteiger partial charge < -0.3 is 10.2 Å². The van der Waals surface area contributed by atoms with Gasteiger partial charge in [0.25, 0.3) is 0 Å². The molecule has 0 aromatic carbocycles. The summed E-state index contributed by atoms with van der Waals surface area (Å²) >= 11 is 0. The van der Waals surface area contributed by atoms with Gasteiger partial charge in [-0.05, 0) is 0 Å². The highest BCUT2D eigenvalue weighted by Crippen LogP contribution is 2.05. The van der Waals surface area contributed by atoms with Crippen LogP contribution in [0.1, 0.15) is 0 Å². The van der Waals surface area contributed by atoms with Crippen LogP contribution in [0, 0.1) is 22.9 Å². The molecule has 2 N–H and O–H groups in total. The zero-order valence-corrected chi connectivity index (χ0v) is 14.3. The summed E-state index contributed by atoms with van der Waals surface area (Å²) in [4.78, 5) is 0. The number of hydrogen-bond acceptors (Lipinski definition) is 2. The Labute approximate surface area is 113 Å². The van der Waals surface area contributed by atoms with Gasteiger partial charge in [0.05, 0.1) is 13.2 Å². The van der Waals surface area contributed by atoms with Crippen LogP contribution in [-0.2, 0) is 0 Å². The zero-order chi connectivity index (χ0) is 14.4. The van der Waals surface area contributed by atoms with Crippen LogP contribution in [-0.4, -0.2) is 39.6 Å². The van der Waals surface area contributed by atoms with Crippen LogP contribution >= 0.6 is 0 Å². The molecule has 4 heteroatoms. The predicted octanol–water partition coefficient (Wildman–Crippen LogP) is 2.03. The van der Waals surface area contributed by atoms with Gasteiger partial charge in [-0.2, -0.15) is 0 Å². The topological polar surface area (TPSA) is 40.5 Å². The molecule has 100 valence electrons. The number of hydrogen-bond donors (Lipinski definition) is 2. The fourth-order valence-electron chi connectivity index (χ4n) is 0.947. The summed E-state index contributed by atoms with van der Waals surface area (Å²) in [6.07, 6.45) is 0. The summed E-state index contributed by atoms with van der Waals surface area (Å²) in [5.41, 5.74) is 7.50. The average molecular weight is 281 g/mol. The first kappa shape index (κ1) is 17.2. The van der Waals surface area contributed by atoms with Crippen molar-refractivity contribution in [2.45, 2.75) is 39.3 Å². The molecule has 0 spiro atoms. The highest BCUT2D eigenvalue weighted by Gasteiger charge is 2.10. The lowest BCUT2D eigenvalue weighted by Gasteiger charge is -2.06. The number of aliphatic hydroxyl groups is 2. The van der Waals surface area contributed by atoms with Crippen molar-refractivity contribution in [3.05, 3.63) is 11.1 Å². The molecule has 0 heterocycles. The molecule has 0 saturated carbocycles. The quantitative estimate of drug-likeness (QED) is 0.600. The summed E-state index contributed by atoms with van der Waals surface area (Å²) in [7, 11) is -2.96. The second-order valence-corrected chi connectivity index (χ2v) is 15.8. The molecule has 0 aromatic heterocycles. The molecule has 0 saturated heterocycles. The van der Waals surface area contributed by atoms with E-state index >= 15 is 0 Å². The van der Waals surface area contributed by atoms with E-state index in [0.29, 0.717) is 11.1 Å². The van der Waals surface area contributed by atoms with Crippen LogP contribution in [0.5, 0.6) is 0 Å². The van der Waals surface area contributed by atoms with Gasteiger partial charge in [0.15, 0.2) is 0 Å². The van der Waals surface area contributed by atoms with Crippen molar-refractivity contribution in [3.63, 3.8) is 0 Å². The highest BCUT2D eigenvalue weighted by atomic mass is 28.3. The Morgan fingerprint density at radius 1 is 0.722 bits per heavy atom. The smallest absolute Gasteiger partial charge is 0.129 e. The number of aliphatic hydroxyl groups excluding tert-OH is 2. The number of rotatable bonds is 2. The van der Waals surface area contributed by atoms with Crippen LogP contribution in [0.25, 0.3) is 0 Å². The van der Waals surface area contributed by atoms with Gasteiger partial charge in [0.2, 0.25) is 0 Å². The first-order chi connectivity index (χ1) is 8.09. The van der Waals surface area contributed by atoms with E-state index in [2.05, 4.69) is 62.2 Å². The summed E-state index contributed by atoms with van der Waals surface area (Å²) in [5, 5.41) is 18.7. The molecule has 0 aliphatic carbocycles. The average Bonchev–Trinajstić information content (AvgIpc) is 2.20. The van der Waals surface area contributed by atoms with Gasteiger partial charge in [0.1, 0.15) is 16.1 Å². The molecule has 0 atom stereocenters. The first-order valence-corrected chi connectivity index (χ1v) is 13.1. The van der Waals surface area contributed by atoms with E-state index in [9.17, 15) is 10.2 Å². The van der Waals surface area contributed by atoms with Gasteiger partial charge in [-0.25, -0.2) is 0 Å². The van der Waals surface area contributed by atoms with E-state index in [1.165, 1.54) is 0 Å². The Kier molecular flexibility index (Phi) is 6.66. The monoisotopic (exact) mass is 280 g/mol. The van der Waals surface area contributed by atoms with Crippen LogP contribution in [0.3, 0.4) is 0 Å².